The van der Waals surface area contributed by atoms with Gasteiger partial charge in [-0.1, -0.05) is 58.8 Å². The van der Waals surface area contributed by atoms with Crippen molar-refractivity contribution in [2.45, 2.75) is 83.4 Å². The Morgan fingerprint density at radius 1 is 1.19 bits per heavy atom. The summed E-state index contributed by atoms with van der Waals surface area (Å²) in [7, 11) is 0. The summed E-state index contributed by atoms with van der Waals surface area (Å²) in [6.07, 6.45) is 13.8. The van der Waals surface area contributed by atoms with Crippen molar-refractivity contribution in [1.82, 2.24) is 0 Å². The molecule has 96 valence electrons. The molecular formula is C15H29Cl. The number of alkyl halides is 1. The van der Waals surface area contributed by atoms with Crippen LogP contribution in [0.25, 0.3) is 0 Å². The standard InChI is InChI=1S/C15H29Cl/c1-3-5-8-13(4-2)11-14-9-6-7-10-15(16)12-14/h13-15H,3-12H2,1-2H3. The molecule has 0 aliphatic heterocycles. The largest absolute Gasteiger partial charge is 0.123 e. The summed E-state index contributed by atoms with van der Waals surface area (Å²) >= 11 is 6.35. The fourth-order valence-electron chi connectivity index (χ4n) is 3.06. The molecule has 0 spiro atoms. The fraction of sp³-hybridized carbons (Fsp3) is 1.00. The van der Waals surface area contributed by atoms with E-state index in [9.17, 15) is 0 Å². The summed E-state index contributed by atoms with van der Waals surface area (Å²) in [4.78, 5) is 0. The molecule has 0 heterocycles. The van der Waals surface area contributed by atoms with Gasteiger partial charge in [-0.25, -0.2) is 0 Å². The molecule has 3 unspecified atom stereocenters. The Kier molecular flexibility index (Phi) is 7.53. The number of hydrogen-bond donors (Lipinski definition) is 0. The fourth-order valence-corrected chi connectivity index (χ4v) is 3.47. The van der Waals surface area contributed by atoms with Crippen molar-refractivity contribution in [1.29, 1.82) is 0 Å². The topological polar surface area (TPSA) is 0 Å². The first-order valence-corrected chi connectivity index (χ1v) is 7.83. The smallest absolute Gasteiger partial charge is 0.0338 e. The lowest BCUT2D eigenvalue weighted by molar-refractivity contribution is 0.314. The quantitative estimate of drug-likeness (QED) is 0.410. The maximum atomic E-state index is 6.35. The molecule has 1 rings (SSSR count). The Labute approximate surface area is 107 Å². The summed E-state index contributed by atoms with van der Waals surface area (Å²) in [6, 6.07) is 0. The number of halogens is 1. The zero-order valence-electron chi connectivity index (χ0n) is 11.2. The van der Waals surface area contributed by atoms with E-state index in [4.69, 9.17) is 11.6 Å². The molecule has 1 fully saturated rings. The molecule has 0 N–H and O–H groups in total. The van der Waals surface area contributed by atoms with Gasteiger partial charge in [-0.2, -0.15) is 0 Å². The van der Waals surface area contributed by atoms with Gasteiger partial charge in [0.05, 0.1) is 0 Å². The Bertz CT molecular complexity index is 167. The van der Waals surface area contributed by atoms with Crippen LogP contribution in [0.3, 0.4) is 0 Å². The van der Waals surface area contributed by atoms with E-state index < -0.39 is 0 Å². The minimum Gasteiger partial charge on any atom is -0.123 e. The Morgan fingerprint density at radius 2 is 1.94 bits per heavy atom. The van der Waals surface area contributed by atoms with Crippen molar-refractivity contribution in [3.63, 3.8) is 0 Å². The summed E-state index contributed by atoms with van der Waals surface area (Å²) in [5, 5.41) is 0.469. The van der Waals surface area contributed by atoms with Gasteiger partial charge in [-0.3, -0.25) is 0 Å². The molecule has 16 heavy (non-hydrogen) atoms. The van der Waals surface area contributed by atoms with Crippen molar-refractivity contribution in [3.8, 4) is 0 Å². The molecule has 1 aliphatic carbocycles. The van der Waals surface area contributed by atoms with Crippen LogP contribution in [0.5, 0.6) is 0 Å². The second-order valence-electron chi connectivity index (χ2n) is 5.64. The molecule has 0 aromatic carbocycles. The van der Waals surface area contributed by atoms with E-state index in [2.05, 4.69) is 13.8 Å². The van der Waals surface area contributed by atoms with Gasteiger partial charge in [0.2, 0.25) is 0 Å². The van der Waals surface area contributed by atoms with Gasteiger partial charge >= 0.3 is 0 Å². The van der Waals surface area contributed by atoms with Gasteiger partial charge in [0.25, 0.3) is 0 Å². The molecule has 1 aliphatic rings. The number of hydrogen-bond acceptors (Lipinski definition) is 0. The van der Waals surface area contributed by atoms with Crippen LogP contribution in [-0.2, 0) is 0 Å². The molecule has 1 heteroatoms. The molecule has 1 saturated carbocycles. The third kappa shape index (κ3) is 5.57. The minimum absolute atomic E-state index is 0.469. The highest BCUT2D eigenvalue weighted by molar-refractivity contribution is 6.20. The molecule has 0 aromatic rings. The maximum Gasteiger partial charge on any atom is 0.0338 e. The van der Waals surface area contributed by atoms with Crippen LogP contribution >= 0.6 is 11.6 Å². The van der Waals surface area contributed by atoms with Crippen LogP contribution in [0.4, 0.5) is 0 Å². The monoisotopic (exact) mass is 244 g/mol. The first-order valence-electron chi connectivity index (χ1n) is 7.40. The Balaban J connectivity index is 2.31. The van der Waals surface area contributed by atoms with Crippen molar-refractivity contribution >= 4 is 11.6 Å². The van der Waals surface area contributed by atoms with Crippen molar-refractivity contribution in [3.05, 3.63) is 0 Å². The number of rotatable bonds is 6. The van der Waals surface area contributed by atoms with E-state index in [0.29, 0.717) is 5.38 Å². The van der Waals surface area contributed by atoms with E-state index in [1.807, 2.05) is 0 Å². The van der Waals surface area contributed by atoms with Gasteiger partial charge in [0.15, 0.2) is 0 Å². The SMILES string of the molecule is CCCCC(CC)CC1CCCCC(Cl)C1. The molecule has 3 atom stereocenters. The van der Waals surface area contributed by atoms with Crippen molar-refractivity contribution < 1.29 is 0 Å². The van der Waals surface area contributed by atoms with Crippen LogP contribution in [0.15, 0.2) is 0 Å². The highest BCUT2D eigenvalue weighted by Crippen LogP contribution is 2.33. The van der Waals surface area contributed by atoms with Gasteiger partial charge in [-0.15, -0.1) is 11.6 Å². The van der Waals surface area contributed by atoms with E-state index in [-0.39, 0.29) is 0 Å². The zero-order chi connectivity index (χ0) is 11.8. The highest BCUT2D eigenvalue weighted by Gasteiger charge is 2.21. The molecule has 0 bridgehead atoms. The molecule has 0 amide bonds. The van der Waals surface area contributed by atoms with Gasteiger partial charge in [-0.05, 0) is 31.1 Å². The average Bonchev–Trinajstić information content (AvgIpc) is 2.48. The lowest BCUT2D eigenvalue weighted by atomic mass is 9.85. The van der Waals surface area contributed by atoms with E-state index in [1.54, 1.807) is 0 Å². The average molecular weight is 245 g/mol. The number of unbranched alkanes of at least 4 members (excludes halogenated alkanes) is 1. The third-order valence-corrected chi connectivity index (χ3v) is 4.58. The van der Waals surface area contributed by atoms with E-state index >= 15 is 0 Å². The highest BCUT2D eigenvalue weighted by atomic mass is 35.5. The summed E-state index contributed by atoms with van der Waals surface area (Å²) < 4.78 is 0. The van der Waals surface area contributed by atoms with Crippen LogP contribution in [0.2, 0.25) is 0 Å². The molecular weight excluding hydrogens is 216 g/mol. The van der Waals surface area contributed by atoms with Crippen molar-refractivity contribution in [2.75, 3.05) is 0 Å². The van der Waals surface area contributed by atoms with Crippen LogP contribution in [-0.4, -0.2) is 5.38 Å². The first kappa shape index (κ1) is 14.4. The molecule has 0 nitrogen and oxygen atoms in total. The summed E-state index contributed by atoms with van der Waals surface area (Å²) in [6.45, 7) is 4.66. The third-order valence-electron chi connectivity index (χ3n) is 4.18. The predicted molar refractivity (Wildman–Crippen MR) is 74.1 cm³/mol. The minimum atomic E-state index is 0.469. The van der Waals surface area contributed by atoms with Gasteiger partial charge in [0, 0.05) is 5.38 Å². The molecule has 0 radical (unpaired) electrons. The van der Waals surface area contributed by atoms with Gasteiger partial charge < -0.3 is 0 Å². The predicted octanol–water partition coefficient (Wildman–Crippen LogP) is 5.78. The second-order valence-corrected chi connectivity index (χ2v) is 6.25. The maximum absolute atomic E-state index is 6.35. The summed E-state index contributed by atoms with van der Waals surface area (Å²) in [5.41, 5.74) is 0. The normalized spacial score (nSPS) is 28.7. The molecule has 0 saturated heterocycles. The lowest BCUT2D eigenvalue weighted by Crippen LogP contribution is -2.11. The second kappa shape index (κ2) is 8.39. The van der Waals surface area contributed by atoms with Crippen LogP contribution in [0, 0.1) is 11.8 Å². The summed E-state index contributed by atoms with van der Waals surface area (Å²) in [5.74, 6) is 1.89. The van der Waals surface area contributed by atoms with Crippen LogP contribution < -0.4 is 0 Å². The van der Waals surface area contributed by atoms with E-state index in [1.165, 1.54) is 64.2 Å². The molecule has 0 aromatic heterocycles. The Hall–Kier alpha value is 0.290. The first-order chi connectivity index (χ1) is 7.76. The van der Waals surface area contributed by atoms with Crippen LogP contribution in [0.1, 0.15) is 78.1 Å². The van der Waals surface area contributed by atoms with E-state index in [0.717, 1.165) is 11.8 Å². The zero-order valence-corrected chi connectivity index (χ0v) is 11.9. The van der Waals surface area contributed by atoms with Crippen molar-refractivity contribution in [2.24, 2.45) is 11.8 Å². The van der Waals surface area contributed by atoms with Gasteiger partial charge in [0.1, 0.15) is 0 Å². The Morgan fingerprint density at radius 3 is 2.62 bits per heavy atom. The lowest BCUT2D eigenvalue weighted by Gasteiger charge is -2.22.